The van der Waals surface area contributed by atoms with Crippen molar-refractivity contribution >= 4 is 5.78 Å². The quantitative estimate of drug-likeness (QED) is 0.390. The lowest BCUT2D eigenvalue weighted by atomic mass is 9.45. The Hall–Kier alpha value is -0.590. The van der Waals surface area contributed by atoms with Crippen molar-refractivity contribution < 1.29 is 4.79 Å². The molecule has 0 heterocycles. The average Bonchev–Trinajstić information content (AvgIpc) is 3.05. The first kappa shape index (κ1) is 23.6. The molecule has 4 rings (SSSR count). The third-order valence-electron chi connectivity index (χ3n) is 11.6. The maximum atomic E-state index is 13.3. The van der Waals surface area contributed by atoms with Crippen LogP contribution in [0.3, 0.4) is 0 Å². The number of carbonyl (C=O) groups is 1. The maximum absolute atomic E-state index is 13.3. The van der Waals surface area contributed by atoms with Crippen LogP contribution in [0.15, 0.2) is 12.2 Å². The molecule has 176 valence electrons. The smallest absolute Gasteiger partial charge is 0.137 e. The number of allylic oxidation sites excluding steroid dienone is 2. The van der Waals surface area contributed by atoms with Gasteiger partial charge in [0.2, 0.25) is 0 Å². The van der Waals surface area contributed by atoms with E-state index in [1.54, 1.807) is 0 Å². The van der Waals surface area contributed by atoms with Crippen LogP contribution in [0.2, 0.25) is 0 Å². The minimum absolute atomic E-state index is 0.236. The molecule has 0 spiro atoms. The van der Waals surface area contributed by atoms with Crippen LogP contribution in [0, 0.1) is 64.1 Å². The third kappa shape index (κ3) is 3.78. The number of ketones is 1. The van der Waals surface area contributed by atoms with Crippen LogP contribution in [-0.2, 0) is 4.79 Å². The van der Waals surface area contributed by atoms with Gasteiger partial charge in [0.1, 0.15) is 5.78 Å². The lowest BCUT2D eigenvalue weighted by Crippen LogP contribution is -2.55. The molecule has 0 N–H and O–H groups in total. The van der Waals surface area contributed by atoms with Crippen molar-refractivity contribution in [2.24, 2.45) is 64.1 Å². The van der Waals surface area contributed by atoms with Crippen molar-refractivity contribution in [2.75, 3.05) is 0 Å². The van der Waals surface area contributed by atoms with Crippen molar-refractivity contribution in [3.05, 3.63) is 12.2 Å². The van der Waals surface area contributed by atoms with Gasteiger partial charge in [-0.25, -0.2) is 0 Å². The SMILES string of the molecule is CC[C@@H](C(C)C)C(C)C[C@@H](C)C1CC[C@H]2C3CC(=O)[C@H]4CC=CC[C@]4(C)C3CC[C@]12C. The Balaban J connectivity index is 1.51. The van der Waals surface area contributed by atoms with E-state index < -0.39 is 0 Å². The van der Waals surface area contributed by atoms with E-state index in [4.69, 9.17) is 0 Å². The molecule has 4 unspecified atom stereocenters. The van der Waals surface area contributed by atoms with Gasteiger partial charge in [0.25, 0.3) is 0 Å². The molecule has 31 heavy (non-hydrogen) atoms. The normalized spacial score (nSPS) is 45.0. The van der Waals surface area contributed by atoms with Crippen LogP contribution in [0.5, 0.6) is 0 Å². The van der Waals surface area contributed by atoms with E-state index in [9.17, 15) is 4.79 Å². The molecule has 4 aliphatic carbocycles. The van der Waals surface area contributed by atoms with Gasteiger partial charge in [-0.05, 0) is 103 Å². The van der Waals surface area contributed by atoms with E-state index in [1.165, 1.54) is 38.5 Å². The van der Waals surface area contributed by atoms with Crippen LogP contribution < -0.4 is 0 Å². The van der Waals surface area contributed by atoms with Gasteiger partial charge in [-0.2, -0.15) is 0 Å². The van der Waals surface area contributed by atoms with Crippen molar-refractivity contribution in [3.63, 3.8) is 0 Å². The van der Waals surface area contributed by atoms with Gasteiger partial charge in [-0.1, -0.05) is 67.0 Å². The topological polar surface area (TPSA) is 17.1 Å². The molecular weight excluding hydrogens is 376 g/mol. The second-order valence-electron chi connectivity index (χ2n) is 13.3. The predicted octanol–water partition coefficient (Wildman–Crippen LogP) is 8.33. The summed E-state index contributed by atoms with van der Waals surface area (Å²) in [6.07, 6.45) is 16.0. The zero-order chi connectivity index (χ0) is 22.6. The maximum Gasteiger partial charge on any atom is 0.137 e. The fourth-order valence-corrected chi connectivity index (χ4v) is 10.1. The Kier molecular flexibility index (Phi) is 6.57. The van der Waals surface area contributed by atoms with Gasteiger partial charge in [0.05, 0.1) is 0 Å². The molecule has 0 amide bonds. The predicted molar refractivity (Wildman–Crippen MR) is 132 cm³/mol. The van der Waals surface area contributed by atoms with E-state index in [1.807, 2.05) is 0 Å². The summed E-state index contributed by atoms with van der Waals surface area (Å²) in [6.45, 7) is 17.4. The molecule has 0 aromatic heterocycles. The monoisotopic (exact) mass is 426 g/mol. The number of fused-ring (bicyclic) bond motifs is 5. The van der Waals surface area contributed by atoms with E-state index >= 15 is 0 Å². The highest BCUT2D eigenvalue weighted by atomic mass is 16.1. The summed E-state index contributed by atoms with van der Waals surface area (Å²) in [5, 5.41) is 0. The Labute approximate surface area is 193 Å². The van der Waals surface area contributed by atoms with Crippen molar-refractivity contribution in [1.29, 1.82) is 0 Å². The van der Waals surface area contributed by atoms with Crippen LogP contribution in [0.4, 0.5) is 0 Å². The van der Waals surface area contributed by atoms with E-state index in [-0.39, 0.29) is 5.41 Å². The number of hydrogen-bond acceptors (Lipinski definition) is 1. The summed E-state index contributed by atoms with van der Waals surface area (Å²) in [5.41, 5.74) is 0.702. The lowest BCUT2D eigenvalue weighted by molar-refractivity contribution is -0.149. The van der Waals surface area contributed by atoms with Gasteiger partial charge in [0.15, 0.2) is 0 Å². The molecular formula is C30H50O. The minimum Gasteiger partial charge on any atom is -0.299 e. The number of carbonyl (C=O) groups excluding carboxylic acids is 1. The Bertz CT molecular complexity index is 691. The lowest BCUT2D eigenvalue weighted by Gasteiger charge is -2.59. The zero-order valence-corrected chi connectivity index (χ0v) is 21.6. The highest BCUT2D eigenvalue weighted by molar-refractivity contribution is 5.83. The first-order valence-electron chi connectivity index (χ1n) is 13.8. The Morgan fingerprint density at radius 3 is 2.39 bits per heavy atom. The van der Waals surface area contributed by atoms with Crippen LogP contribution in [-0.4, -0.2) is 5.78 Å². The second kappa shape index (κ2) is 8.64. The van der Waals surface area contributed by atoms with Crippen molar-refractivity contribution in [3.8, 4) is 0 Å². The molecule has 10 atom stereocenters. The standard InChI is InChI=1S/C30H50O/c1-8-22(19(2)3)20(4)17-21(5)24-12-13-25-23-18-28(31)27-11-9-10-15-29(27,6)26(23)14-16-30(24,25)7/h9-10,19-27H,8,11-18H2,1-7H3/t20?,21-,22+,23?,24?,25+,26?,27-,29-,30-/m1/s1. The first-order chi connectivity index (χ1) is 14.6. The van der Waals surface area contributed by atoms with Gasteiger partial charge >= 0.3 is 0 Å². The van der Waals surface area contributed by atoms with Gasteiger partial charge in [-0.3, -0.25) is 4.79 Å². The molecule has 0 aliphatic heterocycles. The van der Waals surface area contributed by atoms with Gasteiger partial charge in [0, 0.05) is 12.3 Å². The fraction of sp³-hybridized carbons (Fsp3) is 0.900. The largest absolute Gasteiger partial charge is 0.299 e. The van der Waals surface area contributed by atoms with Crippen LogP contribution in [0.25, 0.3) is 0 Å². The molecule has 1 nitrogen and oxygen atoms in total. The Morgan fingerprint density at radius 2 is 1.71 bits per heavy atom. The zero-order valence-electron chi connectivity index (χ0n) is 21.6. The number of hydrogen-bond donors (Lipinski definition) is 0. The number of rotatable bonds is 6. The van der Waals surface area contributed by atoms with Gasteiger partial charge in [-0.15, -0.1) is 0 Å². The summed E-state index contributed by atoms with van der Waals surface area (Å²) in [4.78, 5) is 13.3. The van der Waals surface area contributed by atoms with Crippen LogP contribution >= 0.6 is 0 Å². The average molecular weight is 427 g/mol. The minimum atomic E-state index is 0.236. The van der Waals surface area contributed by atoms with Gasteiger partial charge < -0.3 is 0 Å². The van der Waals surface area contributed by atoms with E-state index in [2.05, 4.69) is 60.6 Å². The van der Waals surface area contributed by atoms with E-state index in [0.29, 0.717) is 23.0 Å². The molecule has 0 saturated heterocycles. The summed E-state index contributed by atoms with van der Waals surface area (Å²) in [7, 11) is 0. The van der Waals surface area contributed by atoms with Crippen molar-refractivity contribution in [2.45, 2.75) is 106 Å². The second-order valence-corrected chi connectivity index (χ2v) is 13.3. The highest BCUT2D eigenvalue weighted by Crippen LogP contribution is 2.67. The summed E-state index contributed by atoms with van der Waals surface area (Å²) in [5.74, 6) is 7.28. The Morgan fingerprint density at radius 1 is 1.00 bits per heavy atom. The molecule has 3 saturated carbocycles. The molecule has 1 heteroatoms. The third-order valence-corrected chi connectivity index (χ3v) is 11.6. The van der Waals surface area contributed by atoms with Crippen molar-refractivity contribution in [1.82, 2.24) is 0 Å². The molecule has 4 aliphatic rings. The van der Waals surface area contributed by atoms with E-state index in [0.717, 1.165) is 60.7 Å². The highest BCUT2D eigenvalue weighted by Gasteiger charge is 2.61. The molecule has 3 fully saturated rings. The summed E-state index contributed by atoms with van der Waals surface area (Å²) >= 11 is 0. The summed E-state index contributed by atoms with van der Waals surface area (Å²) < 4.78 is 0. The summed E-state index contributed by atoms with van der Waals surface area (Å²) in [6, 6.07) is 0. The molecule has 0 radical (unpaired) electrons. The first-order valence-corrected chi connectivity index (χ1v) is 13.8. The fourth-order valence-electron chi connectivity index (χ4n) is 10.1. The molecule has 0 bridgehead atoms. The molecule has 0 aromatic carbocycles. The molecule has 0 aromatic rings. The number of Topliss-reactive ketones (excluding diaryl/α,β-unsaturated/α-hetero) is 1. The van der Waals surface area contributed by atoms with Crippen LogP contribution in [0.1, 0.15) is 106 Å².